The van der Waals surface area contributed by atoms with Gasteiger partial charge in [-0.3, -0.25) is 4.79 Å². The third-order valence-corrected chi connectivity index (χ3v) is 3.98. The first kappa shape index (κ1) is 18.2. The van der Waals surface area contributed by atoms with Crippen LogP contribution in [0.3, 0.4) is 0 Å². The van der Waals surface area contributed by atoms with Crippen LogP contribution in [-0.4, -0.2) is 80.7 Å². The van der Waals surface area contributed by atoms with Gasteiger partial charge < -0.3 is 41.7 Å². The van der Waals surface area contributed by atoms with Crippen molar-refractivity contribution < 1.29 is 35.1 Å². The highest BCUT2D eigenvalue weighted by Crippen LogP contribution is 2.34. The lowest BCUT2D eigenvalue weighted by Crippen LogP contribution is -2.58. The molecule has 1 aliphatic heterocycles. The summed E-state index contributed by atoms with van der Waals surface area (Å²) in [5.74, 6) is -1.12. The van der Waals surface area contributed by atoms with Gasteiger partial charge in [-0.1, -0.05) is 0 Å². The monoisotopic (exact) mass is 308 g/mol. The molecule has 0 aromatic carbocycles. The lowest BCUT2D eigenvalue weighted by atomic mass is 9.85. The fourth-order valence-corrected chi connectivity index (χ4v) is 2.54. The Kier molecular flexibility index (Phi) is 6.47. The van der Waals surface area contributed by atoms with E-state index in [1.807, 2.05) is 0 Å². The van der Waals surface area contributed by atoms with Gasteiger partial charge in [-0.05, 0) is 19.3 Å². The van der Waals surface area contributed by atoms with Gasteiger partial charge in [-0.25, -0.2) is 0 Å². The van der Waals surface area contributed by atoms with Crippen LogP contribution in [0.15, 0.2) is 0 Å². The molecular weight excluding hydrogens is 284 g/mol. The minimum atomic E-state index is -1.58. The first-order valence-corrected chi connectivity index (χ1v) is 6.79. The highest BCUT2D eigenvalue weighted by Gasteiger charge is 2.56. The van der Waals surface area contributed by atoms with Crippen LogP contribution in [0.5, 0.6) is 0 Å². The molecule has 6 atom stereocenters. The summed E-state index contributed by atoms with van der Waals surface area (Å²) >= 11 is 0. The van der Waals surface area contributed by atoms with Crippen molar-refractivity contribution in [3.05, 3.63) is 0 Å². The molecule has 9 N–H and O–H groups in total. The van der Waals surface area contributed by atoms with E-state index < -0.39 is 55.2 Å². The molecule has 2 unspecified atom stereocenters. The molecule has 0 saturated carbocycles. The van der Waals surface area contributed by atoms with Crippen molar-refractivity contribution in [3.8, 4) is 0 Å². The number of hydrogen-bond donors (Lipinski definition) is 7. The average molecular weight is 308 g/mol. The zero-order valence-corrected chi connectivity index (χ0v) is 11.6. The molecule has 0 radical (unpaired) electrons. The molecular formula is C12H24N2O7. The normalized spacial score (nSPS) is 35.6. The minimum Gasteiger partial charge on any atom is -0.480 e. The summed E-state index contributed by atoms with van der Waals surface area (Å²) < 4.78 is 5.37. The molecule has 0 aromatic heterocycles. The van der Waals surface area contributed by atoms with Crippen LogP contribution in [0.2, 0.25) is 0 Å². The number of aliphatic hydroxyl groups excluding tert-OH is 4. The van der Waals surface area contributed by atoms with Gasteiger partial charge in [-0.2, -0.15) is 0 Å². The lowest BCUT2D eigenvalue weighted by molar-refractivity contribution is -0.139. The number of ether oxygens (including phenoxy) is 1. The number of nitrogens with two attached hydrogens (primary N) is 2. The van der Waals surface area contributed by atoms with Gasteiger partial charge >= 0.3 is 5.97 Å². The zero-order valence-electron chi connectivity index (χ0n) is 11.6. The maximum atomic E-state index is 10.6. The molecule has 1 heterocycles. The Labute approximate surface area is 122 Å². The molecule has 0 spiro atoms. The molecule has 0 bridgehead atoms. The third kappa shape index (κ3) is 3.69. The van der Waals surface area contributed by atoms with Crippen LogP contribution in [0.4, 0.5) is 0 Å². The molecule has 1 fully saturated rings. The van der Waals surface area contributed by atoms with E-state index >= 15 is 0 Å². The second-order valence-corrected chi connectivity index (χ2v) is 5.37. The number of carbonyl (C=O) groups is 1. The van der Waals surface area contributed by atoms with Gasteiger partial charge in [0.25, 0.3) is 0 Å². The quantitative estimate of drug-likeness (QED) is 0.242. The Morgan fingerprint density at radius 2 is 1.86 bits per heavy atom. The second kappa shape index (κ2) is 7.45. The van der Waals surface area contributed by atoms with E-state index in [9.17, 15) is 20.1 Å². The molecule has 1 saturated heterocycles. The summed E-state index contributed by atoms with van der Waals surface area (Å²) in [6, 6.07) is -1.85. The van der Waals surface area contributed by atoms with E-state index in [4.69, 9.17) is 26.4 Å². The molecule has 1 rings (SSSR count). The van der Waals surface area contributed by atoms with Crippen LogP contribution in [-0.2, 0) is 9.53 Å². The molecule has 0 aromatic rings. The van der Waals surface area contributed by atoms with Gasteiger partial charge in [0.1, 0.15) is 30.0 Å². The molecule has 9 nitrogen and oxygen atoms in total. The number of aliphatic carboxylic acids is 1. The Morgan fingerprint density at radius 3 is 2.29 bits per heavy atom. The summed E-state index contributed by atoms with van der Waals surface area (Å²) in [5, 5.41) is 47.1. The van der Waals surface area contributed by atoms with E-state index in [2.05, 4.69) is 0 Å². The van der Waals surface area contributed by atoms with Crippen LogP contribution in [0.1, 0.15) is 19.3 Å². The Morgan fingerprint density at radius 1 is 1.24 bits per heavy atom. The zero-order chi connectivity index (χ0) is 16.2. The number of carboxylic acid groups (broad SMARTS) is 1. The number of aliphatic hydroxyl groups is 4. The highest BCUT2D eigenvalue weighted by molar-refractivity contribution is 5.72. The Hall–Kier alpha value is -0.810. The van der Waals surface area contributed by atoms with E-state index in [1.165, 1.54) is 0 Å². The average Bonchev–Trinajstić information content (AvgIpc) is 2.71. The van der Waals surface area contributed by atoms with Crippen molar-refractivity contribution in [2.45, 2.75) is 55.3 Å². The number of rotatable bonds is 8. The fraction of sp³-hybridized carbons (Fsp3) is 0.917. The fourth-order valence-electron chi connectivity index (χ4n) is 2.54. The van der Waals surface area contributed by atoms with E-state index in [-0.39, 0.29) is 12.8 Å². The van der Waals surface area contributed by atoms with Gasteiger partial charge in [0.15, 0.2) is 0 Å². The van der Waals surface area contributed by atoms with Crippen LogP contribution in [0, 0.1) is 0 Å². The van der Waals surface area contributed by atoms with Crippen LogP contribution in [0.25, 0.3) is 0 Å². The molecule has 9 heteroatoms. The van der Waals surface area contributed by atoms with Crippen molar-refractivity contribution in [1.82, 2.24) is 0 Å². The standard InChI is InChI=1S/C12H24N2O7/c13-6(11(19)20)2-1-3-8(14)12(5-16)10(18)9(17)7(4-15)21-12/h6-10,15-18H,1-5,13-14H2,(H,19,20)/t6-,7+,8?,9+,10-,12?/m0/s1. The molecule has 21 heavy (non-hydrogen) atoms. The third-order valence-electron chi connectivity index (χ3n) is 3.98. The van der Waals surface area contributed by atoms with E-state index in [0.717, 1.165) is 0 Å². The summed E-state index contributed by atoms with van der Waals surface area (Å²) in [5.41, 5.74) is 9.72. The first-order valence-electron chi connectivity index (χ1n) is 6.79. The van der Waals surface area contributed by atoms with E-state index in [1.54, 1.807) is 0 Å². The second-order valence-electron chi connectivity index (χ2n) is 5.37. The summed E-state index contributed by atoms with van der Waals surface area (Å²) in [6.45, 7) is -1.15. The van der Waals surface area contributed by atoms with Crippen LogP contribution >= 0.6 is 0 Å². The predicted molar refractivity (Wildman–Crippen MR) is 71.2 cm³/mol. The van der Waals surface area contributed by atoms with Gasteiger partial charge in [0.2, 0.25) is 0 Å². The van der Waals surface area contributed by atoms with Crippen molar-refractivity contribution in [3.63, 3.8) is 0 Å². The maximum absolute atomic E-state index is 10.6. The summed E-state index contributed by atoms with van der Waals surface area (Å²) in [7, 11) is 0. The van der Waals surface area contributed by atoms with Gasteiger partial charge in [-0.15, -0.1) is 0 Å². The highest BCUT2D eigenvalue weighted by atomic mass is 16.6. The van der Waals surface area contributed by atoms with Crippen molar-refractivity contribution in [1.29, 1.82) is 0 Å². The largest absolute Gasteiger partial charge is 0.480 e. The molecule has 1 aliphatic rings. The van der Waals surface area contributed by atoms with Crippen molar-refractivity contribution >= 4 is 5.97 Å². The molecule has 0 aliphatic carbocycles. The van der Waals surface area contributed by atoms with Gasteiger partial charge in [0, 0.05) is 6.04 Å². The number of hydrogen-bond acceptors (Lipinski definition) is 8. The SMILES string of the molecule is NC(CCC[C@H](N)C(=O)O)C1(CO)O[C@H](CO)[C@@H](O)[C@@H]1O. The first-order chi connectivity index (χ1) is 9.80. The van der Waals surface area contributed by atoms with E-state index in [0.29, 0.717) is 6.42 Å². The van der Waals surface area contributed by atoms with Gasteiger partial charge in [0.05, 0.1) is 13.2 Å². The number of carboxylic acids is 1. The Balaban J connectivity index is 2.65. The molecule has 0 amide bonds. The minimum absolute atomic E-state index is 0.187. The predicted octanol–water partition coefficient (Wildman–Crippen LogP) is -3.26. The maximum Gasteiger partial charge on any atom is 0.320 e. The van der Waals surface area contributed by atoms with Crippen molar-refractivity contribution in [2.75, 3.05) is 13.2 Å². The smallest absolute Gasteiger partial charge is 0.320 e. The Bertz CT molecular complexity index is 356. The summed E-state index contributed by atoms with van der Waals surface area (Å²) in [4.78, 5) is 10.6. The summed E-state index contributed by atoms with van der Waals surface area (Å²) in [6.07, 6.45) is -3.04. The molecule has 124 valence electrons. The van der Waals surface area contributed by atoms with Crippen molar-refractivity contribution in [2.24, 2.45) is 11.5 Å². The topological polar surface area (TPSA) is 179 Å². The van der Waals surface area contributed by atoms with Crippen LogP contribution < -0.4 is 11.5 Å². The lowest BCUT2D eigenvalue weighted by Gasteiger charge is -2.36.